The summed E-state index contributed by atoms with van der Waals surface area (Å²) in [5, 5.41) is 11.7. The molecule has 0 heterocycles. The second-order valence-corrected chi connectivity index (χ2v) is 6.49. The van der Waals surface area contributed by atoms with Crippen molar-refractivity contribution in [1.29, 1.82) is 0 Å². The molecule has 2 aromatic rings. The van der Waals surface area contributed by atoms with Crippen LogP contribution in [0.5, 0.6) is 0 Å². The first-order valence-electron chi connectivity index (χ1n) is 6.68. The molecular formula is C17H18BrClO. The van der Waals surface area contributed by atoms with E-state index in [0.717, 1.165) is 21.2 Å². The lowest BCUT2D eigenvalue weighted by molar-refractivity contribution is 0.0327. The lowest BCUT2D eigenvalue weighted by Gasteiger charge is -2.28. The van der Waals surface area contributed by atoms with E-state index in [0.29, 0.717) is 17.9 Å². The van der Waals surface area contributed by atoms with Crippen LogP contribution in [0.2, 0.25) is 5.02 Å². The van der Waals surface area contributed by atoms with Crippen LogP contribution in [0.1, 0.15) is 30.0 Å². The highest BCUT2D eigenvalue weighted by Gasteiger charge is 2.28. The Hall–Kier alpha value is -0.830. The summed E-state index contributed by atoms with van der Waals surface area (Å²) in [5.41, 5.74) is 2.11. The molecule has 1 N–H and O–H groups in total. The van der Waals surface area contributed by atoms with Crippen molar-refractivity contribution in [3.63, 3.8) is 0 Å². The van der Waals surface area contributed by atoms with Gasteiger partial charge in [0, 0.05) is 15.9 Å². The molecule has 20 heavy (non-hydrogen) atoms. The third kappa shape index (κ3) is 3.43. The fraction of sp³-hybridized carbons (Fsp3) is 0.294. The van der Waals surface area contributed by atoms with Crippen LogP contribution in [0.25, 0.3) is 0 Å². The Morgan fingerprint density at radius 1 is 1.20 bits per heavy atom. The van der Waals surface area contributed by atoms with Crippen molar-refractivity contribution >= 4 is 27.5 Å². The van der Waals surface area contributed by atoms with E-state index in [-0.39, 0.29) is 0 Å². The van der Waals surface area contributed by atoms with Crippen LogP contribution >= 0.6 is 27.5 Å². The Labute approximate surface area is 133 Å². The minimum atomic E-state index is -0.900. The highest BCUT2D eigenvalue weighted by Crippen LogP contribution is 2.33. The second kappa shape index (κ2) is 6.30. The van der Waals surface area contributed by atoms with Crippen molar-refractivity contribution in [1.82, 2.24) is 0 Å². The predicted molar refractivity (Wildman–Crippen MR) is 88.2 cm³/mol. The van der Waals surface area contributed by atoms with Crippen LogP contribution in [0.3, 0.4) is 0 Å². The SMILES string of the molecule is CCC(O)(Cc1ccc(C)cc1Cl)c1cccc(Br)c1. The molecule has 1 nitrogen and oxygen atoms in total. The lowest BCUT2D eigenvalue weighted by atomic mass is 9.85. The summed E-state index contributed by atoms with van der Waals surface area (Å²) in [6.07, 6.45) is 1.15. The van der Waals surface area contributed by atoms with Crippen molar-refractivity contribution in [3.05, 3.63) is 68.7 Å². The normalized spacial score (nSPS) is 14.1. The predicted octanol–water partition coefficient (Wildman–Crippen LogP) is 5.25. The molecule has 106 valence electrons. The molecular weight excluding hydrogens is 336 g/mol. The molecule has 0 bridgehead atoms. The van der Waals surface area contributed by atoms with Crippen molar-refractivity contribution in [2.45, 2.75) is 32.3 Å². The Morgan fingerprint density at radius 3 is 2.55 bits per heavy atom. The number of halogens is 2. The number of rotatable bonds is 4. The Kier molecular flexibility index (Phi) is 4.90. The smallest absolute Gasteiger partial charge is 0.0935 e. The third-order valence-electron chi connectivity index (χ3n) is 3.64. The zero-order valence-electron chi connectivity index (χ0n) is 11.7. The van der Waals surface area contributed by atoms with Crippen LogP contribution in [0.4, 0.5) is 0 Å². The average molecular weight is 354 g/mol. The zero-order chi connectivity index (χ0) is 14.8. The van der Waals surface area contributed by atoms with Gasteiger partial charge in [0.2, 0.25) is 0 Å². The Balaban J connectivity index is 2.36. The standard InChI is InChI=1S/C17H18BrClO/c1-3-17(20,14-5-4-6-15(18)10-14)11-13-8-7-12(2)9-16(13)19/h4-10,20H,3,11H2,1-2H3. The summed E-state index contributed by atoms with van der Waals surface area (Å²) in [5.74, 6) is 0. The van der Waals surface area contributed by atoms with Gasteiger partial charge >= 0.3 is 0 Å². The molecule has 0 saturated heterocycles. The van der Waals surface area contributed by atoms with E-state index in [9.17, 15) is 5.11 Å². The fourth-order valence-electron chi connectivity index (χ4n) is 2.32. The van der Waals surface area contributed by atoms with Crippen LogP contribution in [0.15, 0.2) is 46.9 Å². The van der Waals surface area contributed by atoms with E-state index in [2.05, 4.69) is 15.9 Å². The van der Waals surface area contributed by atoms with Crippen molar-refractivity contribution < 1.29 is 5.11 Å². The first-order chi connectivity index (χ1) is 9.44. The van der Waals surface area contributed by atoms with Crippen molar-refractivity contribution in [3.8, 4) is 0 Å². The maximum Gasteiger partial charge on any atom is 0.0935 e. The van der Waals surface area contributed by atoms with Gasteiger partial charge in [0.1, 0.15) is 0 Å². The minimum Gasteiger partial charge on any atom is -0.385 e. The van der Waals surface area contributed by atoms with Gasteiger partial charge in [-0.3, -0.25) is 0 Å². The van der Waals surface area contributed by atoms with Gasteiger partial charge in [-0.1, -0.05) is 58.7 Å². The first-order valence-corrected chi connectivity index (χ1v) is 7.85. The van der Waals surface area contributed by atoms with Crippen LogP contribution in [0, 0.1) is 6.92 Å². The molecule has 2 rings (SSSR count). The van der Waals surface area contributed by atoms with E-state index < -0.39 is 5.60 Å². The van der Waals surface area contributed by atoms with E-state index in [1.807, 2.05) is 56.3 Å². The van der Waals surface area contributed by atoms with Gasteiger partial charge in [-0.05, 0) is 48.2 Å². The lowest BCUT2D eigenvalue weighted by Crippen LogP contribution is -2.27. The van der Waals surface area contributed by atoms with E-state index in [1.165, 1.54) is 0 Å². The number of hydrogen-bond acceptors (Lipinski definition) is 1. The molecule has 0 aliphatic carbocycles. The maximum atomic E-state index is 11.0. The third-order valence-corrected chi connectivity index (χ3v) is 4.48. The number of benzene rings is 2. The van der Waals surface area contributed by atoms with Gasteiger partial charge in [0.25, 0.3) is 0 Å². The molecule has 0 radical (unpaired) electrons. The first kappa shape index (κ1) is 15.6. The molecule has 3 heteroatoms. The molecule has 0 saturated carbocycles. The average Bonchev–Trinajstić information content (AvgIpc) is 2.42. The quantitative estimate of drug-likeness (QED) is 0.795. The summed E-state index contributed by atoms with van der Waals surface area (Å²) in [7, 11) is 0. The van der Waals surface area contributed by atoms with Gasteiger partial charge in [-0.25, -0.2) is 0 Å². The van der Waals surface area contributed by atoms with Crippen LogP contribution in [-0.4, -0.2) is 5.11 Å². The summed E-state index contributed by atoms with van der Waals surface area (Å²) in [6, 6.07) is 13.8. The molecule has 1 unspecified atom stereocenters. The van der Waals surface area contributed by atoms with E-state index in [4.69, 9.17) is 11.6 Å². The van der Waals surface area contributed by atoms with Crippen molar-refractivity contribution in [2.24, 2.45) is 0 Å². The maximum absolute atomic E-state index is 11.0. The number of aryl methyl sites for hydroxylation is 1. The molecule has 0 fully saturated rings. The van der Waals surface area contributed by atoms with E-state index >= 15 is 0 Å². The summed E-state index contributed by atoms with van der Waals surface area (Å²) < 4.78 is 0.969. The van der Waals surface area contributed by atoms with Gasteiger partial charge in [-0.2, -0.15) is 0 Å². The molecule has 0 spiro atoms. The molecule has 1 atom stereocenters. The fourth-order valence-corrected chi connectivity index (χ4v) is 3.02. The van der Waals surface area contributed by atoms with Crippen LogP contribution in [-0.2, 0) is 12.0 Å². The summed E-state index contributed by atoms with van der Waals surface area (Å²) in [4.78, 5) is 0. The minimum absolute atomic E-state index is 0.513. The summed E-state index contributed by atoms with van der Waals surface area (Å²) >= 11 is 9.75. The van der Waals surface area contributed by atoms with Gasteiger partial charge < -0.3 is 5.11 Å². The zero-order valence-corrected chi connectivity index (χ0v) is 14.0. The topological polar surface area (TPSA) is 20.2 Å². The highest BCUT2D eigenvalue weighted by molar-refractivity contribution is 9.10. The number of hydrogen-bond donors (Lipinski definition) is 1. The largest absolute Gasteiger partial charge is 0.385 e. The monoisotopic (exact) mass is 352 g/mol. The highest BCUT2D eigenvalue weighted by atomic mass is 79.9. The van der Waals surface area contributed by atoms with Gasteiger partial charge in [-0.15, -0.1) is 0 Å². The van der Waals surface area contributed by atoms with Gasteiger partial charge in [0.15, 0.2) is 0 Å². The molecule has 0 aliphatic rings. The Bertz CT molecular complexity index is 612. The summed E-state index contributed by atoms with van der Waals surface area (Å²) in [6.45, 7) is 4.00. The number of aliphatic hydroxyl groups is 1. The van der Waals surface area contributed by atoms with E-state index in [1.54, 1.807) is 0 Å². The molecule has 0 aliphatic heterocycles. The van der Waals surface area contributed by atoms with Gasteiger partial charge in [0.05, 0.1) is 5.60 Å². The molecule has 0 aromatic heterocycles. The Morgan fingerprint density at radius 2 is 1.95 bits per heavy atom. The molecule has 2 aromatic carbocycles. The van der Waals surface area contributed by atoms with Crippen molar-refractivity contribution in [2.75, 3.05) is 0 Å². The molecule has 0 amide bonds. The second-order valence-electron chi connectivity index (χ2n) is 5.17. The van der Waals surface area contributed by atoms with Crippen LogP contribution < -0.4 is 0 Å².